The lowest BCUT2D eigenvalue weighted by atomic mass is 9.96. The van der Waals surface area contributed by atoms with Gasteiger partial charge in [-0.3, -0.25) is 4.79 Å². The van der Waals surface area contributed by atoms with E-state index in [1.807, 2.05) is 0 Å². The van der Waals surface area contributed by atoms with Crippen molar-refractivity contribution in [2.45, 2.75) is 208 Å². The fraction of sp³-hybridized carbons (Fsp3) is 0.841. The van der Waals surface area contributed by atoms with Crippen molar-refractivity contribution in [3.05, 3.63) is 36.5 Å². The molecule has 1 amide bonds. The second kappa shape index (κ2) is 30.3. The largest absolute Gasteiger partial charge is 0.394 e. The first-order chi connectivity index (χ1) is 30.3. The maximum absolute atomic E-state index is 13.1. The Kier molecular flexibility index (Phi) is 26.6. The van der Waals surface area contributed by atoms with Crippen LogP contribution >= 0.6 is 0 Å². The van der Waals surface area contributed by atoms with Crippen molar-refractivity contribution in [1.29, 1.82) is 0 Å². The van der Waals surface area contributed by atoms with Crippen LogP contribution in [0.4, 0.5) is 0 Å². The number of carbonyl (C=O) groups excluding carboxylic acids is 1. The van der Waals surface area contributed by atoms with Crippen molar-refractivity contribution >= 4 is 5.91 Å². The van der Waals surface area contributed by atoms with Gasteiger partial charge in [0.25, 0.3) is 0 Å². The Morgan fingerprint density at radius 1 is 0.556 bits per heavy atom. The van der Waals surface area contributed by atoms with Crippen LogP contribution in [0.15, 0.2) is 36.5 Å². The van der Waals surface area contributed by atoms with E-state index >= 15 is 0 Å². The molecule has 3 rings (SSSR count). The highest BCUT2D eigenvalue weighted by Crippen LogP contribution is 2.33. The third kappa shape index (κ3) is 17.6. The van der Waals surface area contributed by atoms with E-state index < -0.39 is 124 Å². The number of ether oxygens (including phenoxy) is 6. The predicted molar refractivity (Wildman–Crippen MR) is 226 cm³/mol. The molecule has 19 heteroatoms. The molecule has 0 bridgehead atoms. The minimum absolute atomic E-state index is 0.223. The van der Waals surface area contributed by atoms with Crippen molar-refractivity contribution in [3.8, 4) is 0 Å². The Morgan fingerprint density at radius 3 is 1.65 bits per heavy atom. The molecule has 0 aromatic rings. The molecule has 366 valence electrons. The van der Waals surface area contributed by atoms with Gasteiger partial charge >= 0.3 is 0 Å². The van der Waals surface area contributed by atoms with Crippen LogP contribution in [0.2, 0.25) is 0 Å². The Labute approximate surface area is 370 Å². The summed E-state index contributed by atoms with van der Waals surface area (Å²) in [4.78, 5) is 13.1. The first-order valence-electron chi connectivity index (χ1n) is 22.7. The average Bonchev–Trinajstić information content (AvgIpc) is 3.28. The number of allylic oxidation sites excluding steroid dienone is 5. The molecule has 3 fully saturated rings. The molecule has 0 aromatic heterocycles. The number of hydrogen-bond donors (Lipinski definition) is 12. The van der Waals surface area contributed by atoms with Crippen LogP contribution in [0.5, 0.6) is 0 Å². The minimum Gasteiger partial charge on any atom is -0.394 e. The molecule has 3 aliphatic rings. The van der Waals surface area contributed by atoms with E-state index in [1.165, 1.54) is 12.8 Å². The summed E-state index contributed by atoms with van der Waals surface area (Å²) in [6.07, 6.45) is -2.10. The van der Waals surface area contributed by atoms with E-state index in [-0.39, 0.29) is 18.9 Å². The highest BCUT2D eigenvalue weighted by molar-refractivity contribution is 5.76. The van der Waals surface area contributed by atoms with Crippen molar-refractivity contribution in [1.82, 2.24) is 5.32 Å². The molecule has 17 atom stereocenters. The number of nitrogens with one attached hydrogen (secondary N) is 1. The molecule has 19 nitrogen and oxygen atoms in total. The smallest absolute Gasteiger partial charge is 0.220 e. The maximum atomic E-state index is 13.1. The zero-order valence-corrected chi connectivity index (χ0v) is 36.8. The van der Waals surface area contributed by atoms with Crippen molar-refractivity contribution < 1.29 is 89.4 Å². The standard InChI is InChI=1S/C44H77NO18/c1-3-5-7-9-11-12-13-14-16-18-20-22-32(50)45-27(28(49)21-19-17-15-10-8-6-4-2)26-58-42-38(56)35(53)40(30(24-47)60-42)63-44-39(57)36(54)41(31(25-48)61-44)62-43-37(55)34(52)33(51)29(23-46)59-43/h8-11,19,21,27-31,33-44,46-49,51-57H,3-7,12-18,20,22-26H2,1-2H3,(H,45,50)/b10-8+,11-9-,21-19+. The summed E-state index contributed by atoms with van der Waals surface area (Å²) in [7, 11) is 0. The summed E-state index contributed by atoms with van der Waals surface area (Å²) in [6, 6.07) is -0.987. The second-order valence-corrected chi connectivity index (χ2v) is 16.5. The number of hydrogen-bond acceptors (Lipinski definition) is 18. The molecule has 0 radical (unpaired) electrons. The molecule has 0 aliphatic carbocycles. The minimum atomic E-state index is -1.98. The summed E-state index contributed by atoms with van der Waals surface area (Å²) in [5.41, 5.74) is 0. The number of carbonyl (C=O) groups is 1. The molecule has 3 aliphatic heterocycles. The first kappa shape index (κ1) is 55.3. The SMILES string of the molecule is CCC/C=C/CC/C=C/C(O)C(COC1OC(CO)C(OC2OC(CO)C(OC3OC(CO)C(O)C(O)C3O)C(O)C2O)C(O)C1O)NC(=O)CCCCCCC/C=C\CCCC. The lowest BCUT2D eigenvalue weighted by Gasteiger charge is -2.48. The molecule has 3 saturated heterocycles. The Morgan fingerprint density at radius 2 is 1.05 bits per heavy atom. The Hall–Kier alpha value is -1.99. The Balaban J connectivity index is 1.60. The van der Waals surface area contributed by atoms with Gasteiger partial charge < -0.3 is 89.9 Å². The molecule has 0 aromatic carbocycles. The van der Waals surface area contributed by atoms with E-state index in [9.17, 15) is 61.0 Å². The molecular weight excluding hydrogens is 830 g/mol. The van der Waals surface area contributed by atoms with Gasteiger partial charge in [0.2, 0.25) is 5.91 Å². The summed E-state index contributed by atoms with van der Waals surface area (Å²) < 4.78 is 33.9. The fourth-order valence-corrected chi connectivity index (χ4v) is 7.48. The lowest BCUT2D eigenvalue weighted by Crippen LogP contribution is -2.66. The summed E-state index contributed by atoms with van der Waals surface area (Å²) in [5, 5.41) is 119. The van der Waals surface area contributed by atoms with E-state index in [0.717, 1.165) is 57.8 Å². The lowest BCUT2D eigenvalue weighted by molar-refractivity contribution is -0.379. The van der Waals surface area contributed by atoms with E-state index in [0.29, 0.717) is 12.8 Å². The van der Waals surface area contributed by atoms with Gasteiger partial charge in [-0.1, -0.05) is 88.8 Å². The summed E-state index contributed by atoms with van der Waals surface area (Å²) in [5.74, 6) is -0.306. The maximum Gasteiger partial charge on any atom is 0.220 e. The van der Waals surface area contributed by atoms with Crippen LogP contribution in [0.25, 0.3) is 0 Å². The third-order valence-electron chi connectivity index (χ3n) is 11.4. The van der Waals surface area contributed by atoms with Gasteiger partial charge in [0.1, 0.15) is 73.2 Å². The summed E-state index contributed by atoms with van der Waals surface area (Å²) >= 11 is 0. The molecule has 0 saturated carbocycles. The van der Waals surface area contributed by atoms with Gasteiger partial charge in [-0.05, 0) is 44.9 Å². The van der Waals surface area contributed by atoms with Crippen LogP contribution < -0.4 is 5.32 Å². The average molecular weight is 908 g/mol. The number of unbranched alkanes of at least 4 members (excludes halogenated alkanes) is 9. The normalized spacial score (nSPS) is 35.2. The zero-order chi connectivity index (χ0) is 46.3. The van der Waals surface area contributed by atoms with E-state index in [4.69, 9.17) is 28.4 Å². The first-order valence-corrected chi connectivity index (χ1v) is 22.7. The van der Waals surface area contributed by atoms with Crippen LogP contribution in [-0.4, -0.2) is 193 Å². The number of amides is 1. The van der Waals surface area contributed by atoms with E-state index in [2.05, 4.69) is 43.5 Å². The number of rotatable bonds is 29. The van der Waals surface area contributed by atoms with Crippen LogP contribution in [0, 0.1) is 0 Å². The van der Waals surface area contributed by atoms with Gasteiger partial charge in [0.15, 0.2) is 18.9 Å². The molecule has 3 heterocycles. The molecule has 0 spiro atoms. The second-order valence-electron chi connectivity index (χ2n) is 16.5. The number of aliphatic hydroxyl groups is 11. The monoisotopic (exact) mass is 908 g/mol. The van der Waals surface area contributed by atoms with Gasteiger partial charge in [-0.25, -0.2) is 0 Å². The highest BCUT2D eigenvalue weighted by atomic mass is 16.8. The summed E-state index contributed by atoms with van der Waals surface area (Å²) in [6.45, 7) is 1.46. The zero-order valence-electron chi connectivity index (χ0n) is 36.8. The van der Waals surface area contributed by atoms with Crippen LogP contribution in [0.1, 0.15) is 104 Å². The molecular formula is C44H77NO18. The molecule has 12 N–H and O–H groups in total. The van der Waals surface area contributed by atoms with Gasteiger partial charge in [-0.2, -0.15) is 0 Å². The van der Waals surface area contributed by atoms with E-state index in [1.54, 1.807) is 12.2 Å². The molecule has 17 unspecified atom stereocenters. The molecule has 63 heavy (non-hydrogen) atoms. The van der Waals surface area contributed by atoms with Crippen molar-refractivity contribution in [2.24, 2.45) is 0 Å². The van der Waals surface area contributed by atoms with Gasteiger partial charge in [0.05, 0.1) is 38.6 Å². The Bertz CT molecular complexity index is 1320. The third-order valence-corrected chi connectivity index (χ3v) is 11.4. The van der Waals surface area contributed by atoms with Crippen LogP contribution in [0.3, 0.4) is 0 Å². The quantitative estimate of drug-likeness (QED) is 0.0332. The highest BCUT2D eigenvalue weighted by Gasteiger charge is 2.53. The van der Waals surface area contributed by atoms with Crippen molar-refractivity contribution in [3.63, 3.8) is 0 Å². The van der Waals surface area contributed by atoms with Gasteiger partial charge in [0, 0.05) is 6.42 Å². The topological polar surface area (TPSA) is 307 Å². The van der Waals surface area contributed by atoms with Crippen molar-refractivity contribution in [2.75, 3.05) is 26.4 Å². The predicted octanol–water partition coefficient (Wildman–Crippen LogP) is -0.533. The number of aliphatic hydroxyl groups excluding tert-OH is 11. The fourth-order valence-electron chi connectivity index (χ4n) is 7.48. The van der Waals surface area contributed by atoms with Gasteiger partial charge in [-0.15, -0.1) is 0 Å². The van der Waals surface area contributed by atoms with Crippen LogP contribution in [-0.2, 0) is 33.2 Å².